The van der Waals surface area contributed by atoms with Gasteiger partial charge in [0.25, 0.3) is 0 Å². The van der Waals surface area contributed by atoms with Gasteiger partial charge in [-0.3, -0.25) is 0 Å². The van der Waals surface area contributed by atoms with Gasteiger partial charge >= 0.3 is 12.0 Å². The number of benzene rings is 1. The Kier molecular flexibility index (Phi) is 4.98. The Morgan fingerprint density at radius 3 is 2.81 bits per heavy atom. The number of carbonyl (C=O) groups is 1. The Morgan fingerprint density at radius 1 is 1.33 bits per heavy atom. The smallest absolute Gasteiger partial charge is 0.399 e. The maximum Gasteiger partial charge on any atom is 0.399 e. The molecule has 0 N–H and O–H groups in total. The van der Waals surface area contributed by atoms with Crippen molar-refractivity contribution in [3.8, 4) is 11.8 Å². The second kappa shape index (κ2) is 6.92. The number of esters is 1. The highest BCUT2D eigenvalue weighted by Gasteiger charge is 2.16. The zero-order valence-corrected chi connectivity index (χ0v) is 12.5. The van der Waals surface area contributed by atoms with Crippen molar-refractivity contribution in [2.24, 2.45) is 0 Å². The second-order valence-corrected chi connectivity index (χ2v) is 4.67. The van der Waals surface area contributed by atoms with E-state index in [1.54, 1.807) is 6.92 Å². The Balaban J connectivity index is 2.17. The van der Waals surface area contributed by atoms with E-state index in [4.69, 9.17) is 13.9 Å². The summed E-state index contributed by atoms with van der Waals surface area (Å²) in [7, 11) is 0. The molecule has 1 aromatic carbocycles. The monoisotopic (exact) mass is 289 g/mol. The third-order valence-corrected chi connectivity index (χ3v) is 3.23. The van der Waals surface area contributed by atoms with Crippen LogP contribution >= 0.6 is 0 Å². The van der Waals surface area contributed by atoms with Gasteiger partial charge in [0.2, 0.25) is 0 Å². The Labute approximate surface area is 123 Å². The van der Waals surface area contributed by atoms with Crippen molar-refractivity contribution < 1.29 is 18.7 Å². The molecule has 0 amide bonds. The third kappa shape index (κ3) is 3.62. The number of hydrogen-bond donors (Lipinski definition) is 0. The summed E-state index contributed by atoms with van der Waals surface area (Å²) < 4.78 is 15.7. The number of ether oxygens (including phenoxy) is 2. The number of para-hydroxylation sites is 1. The first-order valence-corrected chi connectivity index (χ1v) is 7.05. The van der Waals surface area contributed by atoms with Crippen LogP contribution < -0.4 is 4.74 Å². The van der Waals surface area contributed by atoms with Crippen molar-refractivity contribution in [2.75, 3.05) is 6.61 Å². The minimum Gasteiger partial charge on any atom is -0.461 e. The molecular weight excluding hydrogens is 270 g/mol. The standard InChI is InChI=1S/C16H19NO4/c1-4-11(3)12-8-6-7-9-14(12)21-16-17-13(10-20-16)15(18)19-5-2/h6-11H,4-5H2,1-3H3. The van der Waals surface area contributed by atoms with Crippen LogP contribution in [-0.2, 0) is 4.74 Å². The molecule has 2 rings (SSSR count). The topological polar surface area (TPSA) is 61.6 Å². The summed E-state index contributed by atoms with van der Waals surface area (Å²) in [5, 5.41) is 0. The predicted molar refractivity (Wildman–Crippen MR) is 77.7 cm³/mol. The fourth-order valence-corrected chi connectivity index (χ4v) is 1.90. The van der Waals surface area contributed by atoms with Gasteiger partial charge in [-0.2, -0.15) is 4.98 Å². The first kappa shape index (κ1) is 15.1. The quantitative estimate of drug-likeness (QED) is 0.747. The van der Waals surface area contributed by atoms with Crippen molar-refractivity contribution in [3.05, 3.63) is 41.8 Å². The van der Waals surface area contributed by atoms with E-state index in [2.05, 4.69) is 18.8 Å². The van der Waals surface area contributed by atoms with Gasteiger partial charge in [0, 0.05) is 0 Å². The maximum atomic E-state index is 11.5. The molecule has 0 bridgehead atoms. The van der Waals surface area contributed by atoms with Crippen LogP contribution in [0.4, 0.5) is 0 Å². The zero-order chi connectivity index (χ0) is 15.2. The van der Waals surface area contributed by atoms with Crippen molar-refractivity contribution in [3.63, 3.8) is 0 Å². The number of aromatic nitrogens is 1. The van der Waals surface area contributed by atoms with E-state index in [0.29, 0.717) is 18.3 Å². The molecule has 5 nitrogen and oxygen atoms in total. The summed E-state index contributed by atoms with van der Waals surface area (Å²) in [5.74, 6) is 0.524. The van der Waals surface area contributed by atoms with E-state index in [1.165, 1.54) is 6.26 Å². The molecule has 5 heteroatoms. The van der Waals surface area contributed by atoms with Crippen molar-refractivity contribution >= 4 is 5.97 Å². The molecule has 21 heavy (non-hydrogen) atoms. The molecule has 0 radical (unpaired) electrons. The predicted octanol–water partition coefficient (Wildman–Crippen LogP) is 4.16. The fourth-order valence-electron chi connectivity index (χ4n) is 1.90. The van der Waals surface area contributed by atoms with E-state index in [9.17, 15) is 4.79 Å². The minimum atomic E-state index is -0.522. The first-order valence-electron chi connectivity index (χ1n) is 7.05. The van der Waals surface area contributed by atoms with Gasteiger partial charge in [-0.25, -0.2) is 4.79 Å². The average molecular weight is 289 g/mol. The van der Waals surface area contributed by atoms with E-state index in [-0.39, 0.29) is 11.8 Å². The molecule has 0 aliphatic carbocycles. The molecule has 0 saturated heterocycles. The Morgan fingerprint density at radius 2 is 2.10 bits per heavy atom. The molecule has 0 spiro atoms. The molecule has 112 valence electrons. The van der Waals surface area contributed by atoms with E-state index in [0.717, 1.165) is 12.0 Å². The lowest BCUT2D eigenvalue weighted by Gasteiger charge is -2.13. The molecule has 0 fully saturated rings. The summed E-state index contributed by atoms with van der Waals surface area (Å²) in [6.07, 6.45) is 2.27. The number of nitrogens with zero attached hydrogens (tertiary/aromatic N) is 1. The van der Waals surface area contributed by atoms with Gasteiger partial charge in [-0.05, 0) is 30.9 Å². The lowest BCUT2D eigenvalue weighted by atomic mass is 9.98. The molecule has 1 aromatic heterocycles. The number of hydrogen-bond acceptors (Lipinski definition) is 5. The van der Waals surface area contributed by atoms with Crippen LogP contribution in [0.25, 0.3) is 0 Å². The lowest BCUT2D eigenvalue weighted by Crippen LogP contribution is -2.04. The molecule has 0 saturated carbocycles. The SMILES string of the molecule is CCOC(=O)c1coc(Oc2ccccc2C(C)CC)n1. The van der Waals surface area contributed by atoms with Gasteiger partial charge in [0.1, 0.15) is 12.0 Å². The summed E-state index contributed by atoms with van der Waals surface area (Å²) in [6, 6.07) is 7.72. The van der Waals surface area contributed by atoms with Crippen LogP contribution in [0.3, 0.4) is 0 Å². The van der Waals surface area contributed by atoms with Crippen molar-refractivity contribution in [1.29, 1.82) is 0 Å². The van der Waals surface area contributed by atoms with Crippen LogP contribution in [0.1, 0.15) is 49.2 Å². The number of carbonyl (C=O) groups excluding carboxylic acids is 1. The van der Waals surface area contributed by atoms with Crippen LogP contribution in [-0.4, -0.2) is 17.6 Å². The molecule has 0 aliphatic rings. The highest BCUT2D eigenvalue weighted by atomic mass is 16.6. The Bertz CT molecular complexity index is 606. The molecule has 1 atom stereocenters. The van der Waals surface area contributed by atoms with Crippen LogP contribution in [0.2, 0.25) is 0 Å². The molecule has 1 heterocycles. The Hall–Kier alpha value is -2.30. The van der Waals surface area contributed by atoms with E-state index < -0.39 is 5.97 Å². The van der Waals surface area contributed by atoms with Crippen LogP contribution in [0.15, 0.2) is 34.9 Å². The van der Waals surface area contributed by atoms with Gasteiger partial charge in [-0.1, -0.05) is 32.0 Å². The number of oxazole rings is 1. The summed E-state index contributed by atoms with van der Waals surface area (Å²) >= 11 is 0. The number of rotatable bonds is 6. The average Bonchev–Trinajstić information content (AvgIpc) is 2.96. The normalized spacial score (nSPS) is 12.0. The molecule has 1 unspecified atom stereocenters. The molecule has 0 aliphatic heterocycles. The minimum absolute atomic E-state index is 0.0359. The largest absolute Gasteiger partial charge is 0.461 e. The van der Waals surface area contributed by atoms with Gasteiger partial charge < -0.3 is 13.9 Å². The molecular formula is C16H19NO4. The summed E-state index contributed by atoms with van der Waals surface area (Å²) in [5.41, 5.74) is 1.18. The second-order valence-electron chi connectivity index (χ2n) is 4.67. The fraction of sp³-hybridized carbons (Fsp3) is 0.375. The zero-order valence-electron chi connectivity index (χ0n) is 12.5. The maximum absolute atomic E-state index is 11.5. The van der Waals surface area contributed by atoms with Crippen LogP contribution in [0, 0.1) is 0 Å². The highest BCUT2D eigenvalue weighted by molar-refractivity contribution is 5.86. The molecule has 2 aromatic rings. The van der Waals surface area contributed by atoms with Crippen LogP contribution in [0.5, 0.6) is 11.8 Å². The third-order valence-electron chi connectivity index (χ3n) is 3.23. The summed E-state index contributed by atoms with van der Waals surface area (Å²) in [6.45, 7) is 6.27. The summed E-state index contributed by atoms with van der Waals surface area (Å²) in [4.78, 5) is 15.5. The van der Waals surface area contributed by atoms with Crippen molar-refractivity contribution in [1.82, 2.24) is 4.98 Å². The first-order chi connectivity index (χ1) is 10.2. The van der Waals surface area contributed by atoms with Gasteiger partial charge in [0.05, 0.1) is 6.61 Å². The van der Waals surface area contributed by atoms with Gasteiger partial charge in [0.15, 0.2) is 5.69 Å². The lowest BCUT2D eigenvalue weighted by molar-refractivity contribution is 0.0519. The van der Waals surface area contributed by atoms with E-state index in [1.807, 2.05) is 24.3 Å². The highest BCUT2D eigenvalue weighted by Crippen LogP contribution is 2.31. The van der Waals surface area contributed by atoms with E-state index >= 15 is 0 Å². The van der Waals surface area contributed by atoms with Crippen molar-refractivity contribution in [2.45, 2.75) is 33.1 Å². The van der Waals surface area contributed by atoms with Gasteiger partial charge in [-0.15, -0.1) is 0 Å².